The number of carbonyl (C=O) groups excluding carboxylic acids is 3. The largest absolute Gasteiger partial charge is 0.480 e. The summed E-state index contributed by atoms with van der Waals surface area (Å²) in [5.41, 5.74) is 11.9. The van der Waals surface area contributed by atoms with Gasteiger partial charge in [-0.05, 0) is 37.8 Å². The summed E-state index contributed by atoms with van der Waals surface area (Å²) in [5.74, 6) is -2.44. The minimum Gasteiger partial charge on any atom is -0.480 e. The molecule has 0 aliphatic heterocycles. The van der Waals surface area contributed by atoms with E-state index in [1.165, 1.54) is 24.3 Å². The van der Waals surface area contributed by atoms with E-state index in [1.54, 1.807) is 0 Å². The summed E-state index contributed by atoms with van der Waals surface area (Å²) in [7, 11) is 0. The second-order valence-electron chi connectivity index (χ2n) is 7.66. The van der Waals surface area contributed by atoms with Gasteiger partial charge in [0, 0.05) is 24.1 Å². The molecule has 4 atom stereocenters. The number of carboxylic acids is 1. The summed E-state index contributed by atoms with van der Waals surface area (Å²) in [5, 5.41) is 17.1. The third-order valence-corrected chi connectivity index (χ3v) is 5.97. The van der Waals surface area contributed by atoms with Gasteiger partial charge in [-0.2, -0.15) is 24.4 Å². The van der Waals surface area contributed by atoms with Gasteiger partial charge in [0.1, 0.15) is 18.1 Å². The zero-order valence-corrected chi connectivity index (χ0v) is 20.9. The molecule has 1 heterocycles. The summed E-state index contributed by atoms with van der Waals surface area (Å²) in [6.45, 7) is 0.500. The first-order valence-electron chi connectivity index (χ1n) is 10.9. The Balaban J connectivity index is 2.79. The molecule has 9 N–H and O–H groups in total. The molecule has 1 rings (SSSR count). The summed E-state index contributed by atoms with van der Waals surface area (Å²) >= 11 is 5.61. The Bertz CT molecular complexity index is 781. The fourth-order valence-electron chi connectivity index (χ4n) is 2.98. The number of H-pyrrole nitrogens is 1. The number of unbranched alkanes of at least 4 members (excludes halogenated alkanes) is 1. The average molecular weight is 518 g/mol. The number of nitrogens with one attached hydrogen (secondary N) is 4. The Morgan fingerprint density at radius 3 is 2.29 bits per heavy atom. The molecule has 0 bridgehead atoms. The van der Waals surface area contributed by atoms with Crippen molar-refractivity contribution in [2.24, 2.45) is 11.5 Å². The standard InChI is InChI=1S/C20H35N7O5S2/c1-34-7-5-14(18(29)26-15(20(31)32)8-12-9-23-11-24-12)25-19(30)16(10-33)27-17(28)13(22)4-2-3-6-21/h9,11,13-16,33H,2-8,10,21-22H2,1H3,(H,23,24)(H,25,30)(H,26,29)(H,27,28)(H,31,32). The fraction of sp³-hybridized carbons (Fsp3) is 0.650. The number of aliphatic carboxylic acids is 1. The number of nitrogens with two attached hydrogens (primary N) is 2. The molecule has 0 radical (unpaired) electrons. The van der Waals surface area contributed by atoms with Crippen LogP contribution in [-0.4, -0.2) is 87.2 Å². The van der Waals surface area contributed by atoms with Gasteiger partial charge >= 0.3 is 5.97 Å². The number of carbonyl (C=O) groups is 4. The second kappa shape index (κ2) is 16.4. The Kier molecular flexibility index (Phi) is 14.3. The highest BCUT2D eigenvalue weighted by Crippen LogP contribution is 2.06. The van der Waals surface area contributed by atoms with Crippen molar-refractivity contribution in [3.8, 4) is 0 Å². The van der Waals surface area contributed by atoms with E-state index in [2.05, 4.69) is 38.5 Å². The number of hydrogen-bond donors (Lipinski definition) is 8. The van der Waals surface area contributed by atoms with E-state index in [4.69, 9.17) is 11.5 Å². The van der Waals surface area contributed by atoms with Crippen LogP contribution in [0.4, 0.5) is 0 Å². The number of thiol groups is 1. The highest BCUT2D eigenvalue weighted by atomic mass is 32.2. The van der Waals surface area contributed by atoms with Crippen LogP contribution in [0.1, 0.15) is 31.4 Å². The van der Waals surface area contributed by atoms with Crippen molar-refractivity contribution < 1.29 is 24.3 Å². The lowest BCUT2D eigenvalue weighted by Crippen LogP contribution is -2.58. The van der Waals surface area contributed by atoms with E-state index in [9.17, 15) is 24.3 Å². The number of imidazole rings is 1. The minimum atomic E-state index is -1.22. The smallest absolute Gasteiger partial charge is 0.326 e. The van der Waals surface area contributed by atoms with Gasteiger partial charge in [-0.3, -0.25) is 14.4 Å². The summed E-state index contributed by atoms with van der Waals surface area (Å²) in [4.78, 5) is 56.3. The molecule has 0 spiro atoms. The number of hydrogen-bond acceptors (Lipinski definition) is 9. The number of amides is 3. The van der Waals surface area contributed by atoms with Crippen molar-refractivity contribution in [3.05, 3.63) is 18.2 Å². The zero-order valence-electron chi connectivity index (χ0n) is 19.2. The van der Waals surface area contributed by atoms with Crippen LogP contribution in [0.25, 0.3) is 0 Å². The maximum absolute atomic E-state index is 12.9. The highest BCUT2D eigenvalue weighted by Gasteiger charge is 2.30. The van der Waals surface area contributed by atoms with Crippen molar-refractivity contribution in [3.63, 3.8) is 0 Å². The van der Waals surface area contributed by atoms with Gasteiger partial charge in [0.15, 0.2) is 0 Å². The maximum Gasteiger partial charge on any atom is 0.326 e. The summed E-state index contributed by atoms with van der Waals surface area (Å²) in [6.07, 6.45) is 6.84. The van der Waals surface area contributed by atoms with Crippen LogP contribution in [0, 0.1) is 0 Å². The maximum atomic E-state index is 12.9. The average Bonchev–Trinajstić information content (AvgIpc) is 3.32. The number of nitrogens with zero attached hydrogens (tertiary/aromatic N) is 1. The molecule has 0 fully saturated rings. The first-order chi connectivity index (χ1) is 16.2. The van der Waals surface area contributed by atoms with Gasteiger partial charge in [-0.1, -0.05) is 6.42 Å². The molecule has 14 heteroatoms. The molecule has 1 aromatic heterocycles. The monoisotopic (exact) mass is 517 g/mol. The molecule has 0 aromatic carbocycles. The molecule has 192 valence electrons. The number of aromatic nitrogens is 2. The van der Waals surface area contributed by atoms with Gasteiger partial charge in [-0.25, -0.2) is 9.78 Å². The SMILES string of the molecule is CSCCC(NC(=O)C(CS)NC(=O)C(N)CCCCN)C(=O)NC(Cc1cnc[nH]1)C(=O)O. The molecule has 0 aliphatic carbocycles. The molecule has 0 saturated carbocycles. The molecule has 3 amide bonds. The Labute approximate surface area is 208 Å². The molecule has 34 heavy (non-hydrogen) atoms. The van der Waals surface area contributed by atoms with Crippen LogP contribution in [0.3, 0.4) is 0 Å². The Morgan fingerprint density at radius 1 is 1.09 bits per heavy atom. The first-order valence-corrected chi connectivity index (χ1v) is 12.9. The lowest BCUT2D eigenvalue weighted by atomic mass is 10.1. The third-order valence-electron chi connectivity index (χ3n) is 4.96. The van der Waals surface area contributed by atoms with Gasteiger partial charge in [0.05, 0.1) is 12.4 Å². The molecular weight excluding hydrogens is 482 g/mol. The normalized spacial score (nSPS) is 14.5. The molecule has 12 nitrogen and oxygen atoms in total. The lowest BCUT2D eigenvalue weighted by Gasteiger charge is -2.24. The number of carboxylic acid groups (broad SMARTS) is 1. The third kappa shape index (κ3) is 10.8. The van der Waals surface area contributed by atoms with Crippen LogP contribution >= 0.6 is 24.4 Å². The van der Waals surface area contributed by atoms with Gasteiger partial charge in [0.2, 0.25) is 17.7 Å². The first kappa shape index (κ1) is 29.7. The van der Waals surface area contributed by atoms with Crippen LogP contribution in [0.5, 0.6) is 0 Å². The number of rotatable bonds is 17. The number of thioether (sulfide) groups is 1. The van der Waals surface area contributed by atoms with Crippen molar-refractivity contribution in [1.82, 2.24) is 25.9 Å². The van der Waals surface area contributed by atoms with Gasteiger partial charge in [-0.15, -0.1) is 0 Å². The van der Waals surface area contributed by atoms with Gasteiger partial charge in [0.25, 0.3) is 0 Å². The summed E-state index contributed by atoms with van der Waals surface area (Å²) in [6, 6.07) is -4.02. The van der Waals surface area contributed by atoms with E-state index in [0.717, 1.165) is 6.42 Å². The van der Waals surface area contributed by atoms with E-state index in [0.29, 0.717) is 30.8 Å². The predicted octanol–water partition coefficient (Wildman–Crippen LogP) is -1.37. The van der Waals surface area contributed by atoms with E-state index in [1.807, 2.05) is 6.26 Å². The molecule has 0 saturated heterocycles. The Hall–Kier alpha value is -2.29. The minimum absolute atomic E-state index is 0.00162. The van der Waals surface area contributed by atoms with E-state index < -0.39 is 47.9 Å². The van der Waals surface area contributed by atoms with Crippen molar-refractivity contribution in [1.29, 1.82) is 0 Å². The van der Waals surface area contributed by atoms with Crippen LogP contribution in [0.2, 0.25) is 0 Å². The topological polar surface area (TPSA) is 205 Å². The molecule has 0 aliphatic rings. The molecule has 4 unspecified atom stereocenters. The number of aromatic amines is 1. The zero-order chi connectivity index (χ0) is 25.5. The van der Waals surface area contributed by atoms with E-state index in [-0.39, 0.29) is 18.6 Å². The van der Waals surface area contributed by atoms with Crippen molar-refractivity contribution in [2.75, 3.05) is 24.3 Å². The lowest BCUT2D eigenvalue weighted by molar-refractivity contribution is -0.142. The second-order valence-corrected chi connectivity index (χ2v) is 9.01. The molecular formula is C20H35N7O5S2. The van der Waals surface area contributed by atoms with Crippen LogP contribution < -0.4 is 27.4 Å². The van der Waals surface area contributed by atoms with Crippen LogP contribution in [-0.2, 0) is 25.6 Å². The summed E-state index contributed by atoms with van der Waals surface area (Å²) < 4.78 is 0. The molecule has 1 aromatic rings. The van der Waals surface area contributed by atoms with Crippen LogP contribution in [0.15, 0.2) is 12.5 Å². The van der Waals surface area contributed by atoms with E-state index >= 15 is 0 Å². The van der Waals surface area contributed by atoms with Gasteiger partial charge < -0.3 is 37.5 Å². The predicted molar refractivity (Wildman–Crippen MR) is 133 cm³/mol. The van der Waals surface area contributed by atoms with Crippen molar-refractivity contribution >= 4 is 48.1 Å². The Morgan fingerprint density at radius 2 is 1.74 bits per heavy atom. The quantitative estimate of drug-likeness (QED) is 0.0905. The highest BCUT2D eigenvalue weighted by molar-refractivity contribution is 7.98. The van der Waals surface area contributed by atoms with Crippen molar-refractivity contribution in [2.45, 2.75) is 56.3 Å². The fourth-order valence-corrected chi connectivity index (χ4v) is 3.71.